The molecule has 1 atom stereocenters. The second-order valence-electron chi connectivity index (χ2n) is 7.91. The number of hydrogen-bond acceptors (Lipinski definition) is 6. The lowest BCUT2D eigenvalue weighted by Gasteiger charge is -2.16. The monoisotopic (exact) mass is 536 g/mol. The first-order valence-corrected chi connectivity index (χ1v) is 11.1. The number of hydrogen-bond donors (Lipinski definition) is 5. The van der Waals surface area contributed by atoms with Gasteiger partial charge in [0, 0.05) is 12.3 Å². The van der Waals surface area contributed by atoms with Crippen molar-refractivity contribution in [3.8, 4) is 5.75 Å². The molecule has 0 aliphatic carbocycles. The van der Waals surface area contributed by atoms with Gasteiger partial charge >= 0.3 is 6.09 Å². The number of carboxylic acid groups (broad SMARTS) is 1. The number of nitrogens with two attached hydrogens (primary N) is 1. The van der Waals surface area contributed by atoms with Gasteiger partial charge in [0.25, 0.3) is 12.0 Å². The Balaban J connectivity index is 1.79. The maximum Gasteiger partial charge on any atom is 0.405 e. The Bertz CT molecular complexity index is 1420. The van der Waals surface area contributed by atoms with Gasteiger partial charge < -0.3 is 35.8 Å². The predicted octanol–water partition coefficient (Wildman–Crippen LogP) is 1.95. The van der Waals surface area contributed by atoms with Gasteiger partial charge in [-0.05, 0) is 37.1 Å². The van der Waals surface area contributed by atoms with E-state index in [0.717, 1.165) is 18.2 Å². The van der Waals surface area contributed by atoms with Crippen LogP contribution < -0.4 is 26.7 Å². The molecule has 2 heterocycles. The molecule has 2 aromatic heterocycles. The summed E-state index contributed by atoms with van der Waals surface area (Å²) in [5, 5.41) is 13.5. The van der Waals surface area contributed by atoms with E-state index >= 15 is 0 Å². The highest BCUT2D eigenvalue weighted by Gasteiger charge is 2.21. The van der Waals surface area contributed by atoms with Gasteiger partial charge in [-0.2, -0.15) is 0 Å². The number of carbonyl (C=O) groups excluding carboxylic acids is 2. The van der Waals surface area contributed by atoms with E-state index in [1.165, 1.54) is 29.0 Å². The van der Waals surface area contributed by atoms with Crippen LogP contribution in [-0.2, 0) is 16.1 Å². The molecule has 0 saturated heterocycles. The number of benzene rings is 1. The summed E-state index contributed by atoms with van der Waals surface area (Å²) < 4.78 is 45.1. The summed E-state index contributed by atoms with van der Waals surface area (Å²) in [6.07, 6.45) is -0.268. The Morgan fingerprint density at radius 3 is 2.74 bits per heavy atom. The number of ether oxygens (including phenoxy) is 1. The lowest BCUT2D eigenvalue weighted by Crippen LogP contribution is -2.44. The molecule has 0 saturated carbocycles. The second kappa shape index (κ2) is 12.4. The zero-order chi connectivity index (χ0) is 27.8. The van der Waals surface area contributed by atoms with Crippen LogP contribution in [0.1, 0.15) is 18.7 Å². The average Bonchev–Trinajstić information content (AvgIpc) is 3.23. The largest absolute Gasteiger partial charge is 0.485 e. The molecule has 0 bridgehead atoms. The van der Waals surface area contributed by atoms with Crippen LogP contribution in [0.25, 0.3) is 11.0 Å². The summed E-state index contributed by atoms with van der Waals surface area (Å²) in [6.45, 7) is -1.12. The smallest absolute Gasteiger partial charge is 0.405 e. The summed E-state index contributed by atoms with van der Waals surface area (Å²) in [7, 11) is 0. The lowest BCUT2D eigenvalue weighted by molar-refractivity contribution is -0.118. The van der Waals surface area contributed by atoms with Crippen LogP contribution in [0.2, 0.25) is 0 Å². The molecule has 0 spiro atoms. The SMILES string of the molecule is NC(=O)C=CCCC(NC(=O)O)C(=O)Nc1cccn(Cc2nc3c(OCC(F)F)cc(F)cc3[nH]2)c1=O. The number of nitrogens with one attached hydrogen (secondary N) is 3. The van der Waals surface area contributed by atoms with Crippen LogP contribution >= 0.6 is 0 Å². The van der Waals surface area contributed by atoms with Crippen molar-refractivity contribution in [2.45, 2.75) is 31.9 Å². The van der Waals surface area contributed by atoms with Crippen LogP contribution in [-0.4, -0.2) is 56.6 Å². The number of pyridine rings is 1. The van der Waals surface area contributed by atoms with E-state index in [1.54, 1.807) is 0 Å². The van der Waals surface area contributed by atoms with Crippen molar-refractivity contribution < 1.29 is 37.4 Å². The standard InChI is InChI=1S/C23H23F3N6O6/c24-12-8-15-20(16(9-12)38-11-17(25)26)31-19(28-15)10-32-7-3-5-14(22(32)35)29-21(34)13(30-23(36)37)4-1-2-6-18(27)33/h2-3,5-9,13,17,30H,1,4,10-11H2,(H2,27,33)(H,28,31)(H,29,34)(H,36,37). The quantitative estimate of drug-likeness (QED) is 0.219. The van der Waals surface area contributed by atoms with Gasteiger partial charge in [-0.3, -0.25) is 14.4 Å². The van der Waals surface area contributed by atoms with Crippen molar-refractivity contribution >= 4 is 34.6 Å². The Hall–Kier alpha value is -4.82. The lowest BCUT2D eigenvalue weighted by atomic mass is 10.1. The van der Waals surface area contributed by atoms with Gasteiger partial charge in [-0.15, -0.1) is 0 Å². The zero-order valence-electron chi connectivity index (χ0n) is 19.6. The number of anilines is 1. The number of carbonyl (C=O) groups is 3. The molecule has 3 rings (SSSR count). The molecule has 0 aliphatic heterocycles. The number of allylic oxidation sites excluding steroid dienone is 1. The van der Waals surface area contributed by atoms with Gasteiger partial charge in [-0.1, -0.05) is 6.08 Å². The highest BCUT2D eigenvalue weighted by molar-refractivity contribution is 5.96. The van der Waals surface area contributed by atoms with Crippen molar-refractivity contribution in [1.29, 1.82) is 0 Å². The Kier molecular flexibility index (Phi) is 9.08. The van der Waals surface area contributed by atoms with Gasteiger partial charge in [0.1, 0.15) is 41.2 Å². The molecule has 38 heavy (non-hydrogen) atoms. The molecule has 12 nitrogen and oxygen atoms in total. The number of imidazole rings is 1. The van der Waals surface area contributed by atoms with E-state index < -0.39 is 48.4 Å². The second-order valence-corrected chi connectivity index (χ2v) is 7.91. The summed E-state index contributed by atoms with van der Waals surface area (Å²) in [5.41, 5.74) is 4.42. The topological polar surface area (TPSA) is 181 Å². The molecule has 0 fully saturated rings. The fourth-order valence-electron chi connectivity index (χ4n) is 3.46. The van der Waals surface area contributed by atoms with E-state index in [1.807, 2.05) is 5.32 Å². The summed E-state index contributed by atoms with van der Waals surface area (Å²) in [4.78, 5) is 54.5. The van der Waals surface area contributed by atoms with E-state index in [0.29, 0.717) is 0 Å². The van der Waals surface area contributed by atoms with Gasteiger partial charge in [-0.25, -0.2) is 22.9 Å². The maximum absolute atomic E-state index is 13.9. The highest BCUT2D eigenvalue weighted by atomic mass is 19.3. The number of primary amides is 1. The number of aromatic nitrogens is 3. The molecular formula is C23H23F3N6O6. The average molecular weight is 536 g/mol. The predicted molar refractivity (Wildman–Crippen MR) is 129 cm³/mol. The van der Waals surface area contributed by atoms with E-state index in [-0.39, 0.29) is 47.7 Å². The number of rotatable bonds is 12. The Morgan fingerprint density at radius 2 is 2.05 bits per heavy atom. The minimum absolute atomic E-state index is 0.0194. The third-order valence-electron chi connectivity index (χ3n) is 5.05. The number of halogens is 3. The van der Waals surface area contributed by atoms with Crippen molar-refractivity contribution in [3.05, 3.63) is 64.6 Å². The first-order chi connectivity index (χ1) is 18.0. The molecule has 15 heteroatoms. The molecule has 0 radical (unpaired) electrons. The number of H-pyrrole nitrogens is 1. The first kappa shape index (κ1) is 27.8. The summed E-state index contributed by atoms with van der Waals surface area (Å²) in [6, 6.07) is 3.53. The molecule has 1 unspecified atom stereocenters. The van der Waals surface area contributed by atoms with Crippen LogP contribution in [0, 0.1) is 5.82 Å². The number of nitrogens with zero attached hydrogens (tertiary/aromatic N) is 2. The number of alkyl halides is 2. The molecule has 3 aromatic rings. The highest BCUT2D eigenvalue weighted by Crippen LogP contribution is 2.26. The maximum atomic E-state index is 13.9. The molecule has 0 aliphatic rings. The molecule has 202 valence electrons. The van der Waals surface area contributed by atoms with Gasteiger partial charge in [0.15, 0.2) is 0 Å². The van der Waals surface area contributed by atoms with Crippen LogP contribution in [0.5, 0.6) is 5.75 Å². The van der Waals surface area contributed by atoms with E-state index in [4.69, 9.17) is 15.6 Å². The summed E-state index contributed by atoms with van der Waals surface area (Å²) in [5.74, 6) is -2.28. The minimum atomic E-state index is -2.78. The number of fused-ring (bicyclic) bond motifs is 1. The van der Waals surface area contributed by atoms with Crippen molar-refractivity contribution in [1.82, 2.24) is 19.9 Å². The number of amides is 3. The van der Waals surface area contributed by atoms with Crippen molar-refractivity contribution in [2.75, 3.05) is 11.9 Å². The van der Waals surface area contributed by atoms with E-state index in [2.05, 4.69) is 15.3 Å². The molecule has 1 aromatic carbocycles. The third kappa shape index (κ3) is 7.59. The summed E-state index contributed by atoms with van der Waals surface area (Å²) >= 11 is 0. The first-order valence-electron chi connectivity index (χ1n) is 11.1. The van der Waals surface area contributed by atoms with Crippen molar-refractivity contribution in [3.63, 3.8) is 0 Å². The van der Waals surface area contributed by atoms with Crippen LogP contribution in [0.4, 0.5) is 23.7 Å². The van der Waals surface area contributed by atoms with Crippen molar-refractivity contribution in [2.24, 2.45) is 5.73 Å². The Morgan fingerprint density at radius 1 is 1.29 bits per heavy atom. The fraction of sp³-hybridized carbons (Fsp3) is 0.261. The number of aromatic amines is 1. The minimum Gasteiger partial charge on any atom is -0.485 e. The fourth-order valence-corrected chi connectivity index (χ4v) is 3.46. The van der Waals surface area contributed by atoms with Gasteiger partial charge in [0.05, 0.1) is 12.1 Å². The third-order valence-corrected chi connectivity index (χ3v) is 5.05. The van der Waals surface area contributed by atoms with Crippen LogP contribution in [0.3, 0.4) is 0 Å². The zero-order valence-corrected chi connectivity index (χ0v) is 19.6. The van der Waals surface area contributed by atoms with Gasteiger partial charge in [0.2, 0.25) is 11.8 Å². The Labute approximate surface area is 212 Å². The molecule has 6 N–H and O–H groups in total. The molecular weight excluding hydrogens is 513 g/mol. The normalized spacial score (nSPS) is 12.1. The van der Waals surface area contributed by atoms with Crippen LogP contribution in [0.15, 0.2) is 47.4 Å². The van der Waals surface area contributed by atoms with E-state index in [9.17, 15) is 32.3 Å². The molecule has 3 amide bonds.